The third kappa shape index (κ3) is 6.96. The van der Waals surface area contributed by atoms with E-state index < -0.39 is 5.97 Å². The fraction of sp³-hybridized carbons (Fsp3) is 0.571. The number of rotatable bonds is 9. The number of hydrogen-bond donors (Lipinski definition) is 1. The minimum absolute atomic E-state index is 0.0194. The van der Waals surface area contributed by atoms with E-state index in [9.17, 15) is 14.4 Å². The Labute approximate surface area is 166 Å². The van der Waals surface area contributed by atoms with Crippen molar-refractivity contribution in [1.29, 1.82) is 0 Å². The number of carbonyl (C=O) groups is 3. The van der Waals surface area contributed by atoms with Gasteiger partial charge in [0.05, 0.1) is 13.2 Å². The van der Waals surface area contributed by atoms with E-state index in [1.54, 1.807) is 24.3 Å². The summed E-state index contributed by atoms with van der Waals surface area (Å²) in [4.78, 5) is 38.3. The van der Waals surface area contributed by atoms with E-state index in [-0.39, 0.29) is 24.3 Å². The first kappa shape index (κ1) is 21.9. The van der Waals surface area contributed by atoms with Crippen molar-refractivity contribution in [3.05, 3.63) is 29.8 Å². The van der Waals surface area contributed by atoms with Gasteiger partial charge in [-0.15, -0.1) is 0 Å². The van der Waals surface area contributed by atoms with E-state index in [1.165, 1.54) is 6.92 Å². The molecule has 2 rings (SSSR count). The van der Waals surface area contributed by atoms with Crippen LogP contribution in [0.2, 0.25) is 0 Å². The average molecular weight is 390 g/mol. The van der Waals surface area contributed by atoms with Gasteiger partial charge >= 0.3 is 5.97 Å². The molecule has 1 aromatic rings. The number of likely N-dealkylation sites (N-methyl/N-ethyl adjacent to an activating group) is 1. The van der Waals surface area contributed by atoms with Gasteiger partial charge in [0.2, 0.25) is 5.91 Å². The van der Waals surface area contributed by atoms with Gasteiger partial charge in [0.1, 0.15) is 5.75 Å². The van der Waals surface area contributed by atoms with Crippen LogP contribution in [-0.4, -0.2) is 71.9 Å². The van der Waals surface area contributed by atoms with Crippen LogP contribution >= 0.6 is 0 Å². The number of aliphatic carboxylic acids is 1. The van der Waals surface area contributed by atoms with Crippen molar-refractivity contribution < 1.29 is 24.2 Å². The predicted molar refractivity (Wildman–Crippen MR) is 106 cm³/mol. The molecule has 1 saturated heterocycles. The Hall–Kier alpha value is -2.41. The summed E-state index contributed by atoms with van der Waals surface area (Å²) in [7, 11) is 1.83. The Balaban J connectivity index is 1.70. The molecule has 0 saturated carbocycles. The highest BCUT2D eigenvalue weighted by atomic mass is 16.5. The minimum Gasteiger partial charge on any atom is -0.494 e. The molecule has 0 radical (unpaired) electrons. The van der Waals surface area contributed by atoms with Gasteiger partial charge in [-0.1, -0.05) is 0 Å². The molecule has 1 atom stereocenters. The molecule has 1 heterocycles. The number of hydrogen-bond acceptors (Lipinski definition) is 5. The molecule has 1 aliphatic rings. The second-order valence-electron chi connectivity index (χ2n) is 7.31. The molecule has 0 spiro atoms. The summed E-state index contributed by atoms with van der Waals surface area (Å²) in [5.74, 6) is 0.00944. The molecule has 0 aromatic heterocycles. The van der Waals surface area contributed by atoms with E-state index in [0.717, 1.165) is 25.8 Å². The zero-order valence-corrected chi connectivity index (χ0v) is 16.7. The summed E-state index contributed by atoms with van der Waals surface area (Å²) < 4.78 is 5.64. The molecule has 1 aliphatic heterocycles. The van der Waals surface area contributed by atoms with E-state index in [1.807, 2.05) is 16.8 Å². The normalized spacial score (nSPS) is 17.2. The third-order valence-corrected chi connectivity index (χ3v) is 5.12. The molecule has 0 aliphatic carbocycles. The predicted octanol–water partition coefficient (Wildman–Crippen LogP) is 2.45. The molecular formula is C21H30N2O5. The lowest BCUT2D eigenvalue weighted by Crippen LogP contribution is -2.37. The minimum atomic E-state index is -0.824. The smallest absolute Gasteiger partial charge is 0.317 e. The Morgan fingerprint density at radius 1 is 1.18 bits per heavy atom. The number of likely N-dealkylation sites (tertiary alicyclic amines) is 1. The van der Waals surface area contributed by atoms with Gasteiger partial charge < -0.3 is 14.7 Å². The number of amides is 1. The van der Waals surface area contributed by atoms with Crippen LogP contribution in [-0.2, 0) is 9.59 Å². The molecule has 1 amide bonds. The summed E-state index contributed by atoms with van der Waals surface area (Å²) in [6.07, 6.45) is 3.66. The van der Waals surface area contributed by atoms with Crippen molar-refractivity contribution in [3.63, 3.8) is 0 Å². The molecule has 154 valence electrons. The van der Waals surface area contributed by atoms with Crippen LogP contribution in [0, 0.1) is 0 Å². The number of ketones is 1. The van der Waals surface area contributed by atoms with E-state index in [4.69, 9.17) is 9.84 Å². The van der Waals surface area contributed by atoms with Gasteiger partial charge in [-0.3, -0.25) is 19.3 Å². The van der Waals surface area contributed by atoms with Gasteiger partial charge in [-0.05, 0) is 63.9 Å². The standard InChI is InChI=1S/C21H30N2O5/c1-16(24)17-7-9-19(10-8-17)28-14-4-6-20(25)23-12-3-5-18(11-13-23)22(2)15-21(26)27/h7-10,18H,3-6,11-15H2,1-2H3,(H,26,27). The second-order valence-corrected chi connectivity index (χ2v) is 7.31. The van der Waals surface area contributed by atoms with Crippen LogP contribution in [0.1, 0.15) is 49.4 Å². The molecule has 0 bridgehead atoms. The summed E-state index contributed by atoms with van der Waals surface area (Å²) in [6, 6.07) is 7.20. The Morgan fingerprint density at radius 2 is 1.89 bits per heavy atom. The lowest BCUT2D eigenvalue weighted by molar-refractivity contribution is -0.138. The van der Waals surface area contributed by atoms with Crippen LogP contribution in [0.15, 0.2) is 24.3 Å². The molecule has 28 heavy (non-hydrogen) atoms. The maximum absolute atomic E-state index is 12.5. The Kier molecular flexibility index (Phi) is 8.44. The van der Waals surface area contributed by atoms with Crippen LogP contribution in [0.4, 0.5) is 0 Å². The Morgan fingerprint density at radius 3 is 2.54 bits per heavy atom. The number of ether oxygens (including phenoxy) is 1. The van der Waals surface area contributed by atoms with Gasteiger partial charge in [-0.25, -0.2) is 0 Å². The van der Waals surface area contributed by atoms with Crippen LogP contribution in [0.25, 0.3) is 0 Å². The van der Waals surface area contributed by atoms with E-state index in [0.29, 0.717) is 37.3 Å². The number of Topliss-reactive ketones (excluding diaryl/α,β-unsaturated/α-hetero) is 1. The zero-order chi connectivity index (χ0) is 20.5. The first-order chi connectivity index (χ1) is 13.4. The number of benzene rings is 1. The first-order valence-corrected chi connectivity index (χ1v) is 9.80. The van der Waals surface area contributed by atoms with Crippen LogP contribution in [0.5, 0.6) is 5.75 Å². The summed E-state index contributed by atoms with van der Waals surface area (Å²) in [5.41, 5.74) is 0.649. The lowest BCUT2D eigenvalue weighted by atomic mass is 10.1. The maximum atomic E-state index is 12.5. The zero-order valence-electron chi connectivity index (χ0n) is 16.7. The van der Waals surface area contributed by atoms with Crippen molar-refractivity contribution in [2.75, 3.05) is 33.3 Å². The van der Waals surface area contributed by atoms with Crippen molar-refractivity contribution in [1.82, 2.24) is 9.80 Å². The highest BCUT2D eigenvalue weighted by Crippen LogP contribution is 2.17. The van der Waals surface area contributed by atoms with Gasteiger partial charge in [0, 0.05) is 31.1 Å². The third-order valence-electron chi connectivity index (χ3n) is 5.12. The molecule has 1 aromatic carbocycles. The van der Waals surface area contributed by atoms with Crippen molar-refractivity contribution >= 4 is 17.7 Å². The topological polar surface area (TPSA) is 87.2 Å². The maximum Gasteiger partial charge on any atom is 0.317 e. The van der Waals surface area contributed by atoms with Crippen LogP contribution < -0.4 is 4.74 Å². The van der Waals surface area contributed by atoms with Crippen molar-refractivity contribution in [2.24, 2.45) is 0 Å². The molecular weight excluding hydrogens is 360 g/mol. The Bertz CT molecular complexity index is 674. The summed E-state index contributed by atoms with van der Waals surface area (Å²) in [5, 5.41) is 8.93. The highest BCUT2D eigenvalue weighted by molar-refractivity contribution is 5.94. The van der Waals surface area contributed by atoms with Crippen molar-refractivity contribution in [3.8, 4) is 5.75 Å². The van der Waals surface area contributed by atoms with Gasteiger partial charge in [0.15, 0.2) is 5.78 Å². The van der Waals surface area contributed by atoms with Crippen LogP contribution in [0.3, 0.4) is 0 Å². The number of carbonyl (C=O) groups excluding carboxylic acids is 2. The quantitative estimate of drug-likeness (QED) is 0.515. The number of carboxylic acids is 1. The number of carboxylic acid groups (broad SMARTS) is 1. The SMILES string of the molecule is CC(=O)c1ccc(OCCCC(=O)N2CCCC(N(C)CC(=O)O)CC2)cc1. The van der Waals surface area contributed by atoms with Gasteiger partial charge in [0.25, 0.3) is 0 Å². The van der Waals surface area contributed by atoms with E-state index >= 15 is 0 Å². The largest absolute Gasteiger partial charge is 0.494 e. The van der Waals surface area contributed by atoms with Gasteiger partial charge in [-0.2, -0.15) is 0 Å². The molecule has 7 nitrogen and oxygen atoms in total. The fourth-order valence-corrected chi connectivity index (χ4v) is 3.47. The lowest BCUT2D eigenvalue weighted by Gasteiger charge is -2.25. The molecule has 1 unspecified atom stereocenters. The van der Waals surface area contributed by atoms with E-state index in [2.05, 4.69) is 0 Å². The number of nitrogens with zero attached hydrogens (tertiary/aromatic N) is 2. The fourth-order valence-electron chi connectivity index (χ4n) is 3.47. The van der Waals surface area contributed by atoms with Crippen molar-refractivity contribution in [2.45, 2.75) is 45.1 Å². The summed E-state index contributed by atoms with van der Waals surface area (Å²) >= 11 is 0. The average Bonchev–Trinajstić information content (AvgIpc) is 2.91. The molecule has 1 N–H and O–H groups in total. The second kappa shape index (κ2) is 10.8. The molecule has 7 heteroatoms. The molecule has 1 fully saturated rings. The summed E-state index contributed by atoms with van der Waals surface area (Å²) in [6.45, 7) is 3.40. The first-order valence-electron chi connectivity index (χ1n) is 9.80. The monoisotopic (exact) mass is 390 g/mol. The highest BCUT2D eigenvalue weighted by Gasteiger charge is 2.23.